The molecule has 248 valence electrons. The third kappa shape index (κ3) is 5.47. The van der Waals surface area contributed by atoms with Gasteiger partial charge in [0, 0.05) is 33.2 Å². The van der Waals surface area contributed by atoms with Gasteiger partial charge in [0.25, 0.3) is 0 Å². The smallest absolute Gasteiger partial charge is 0.160 e. The van der Waals surface area contributed by atoms with Gasteiger partial charge in [-0.1, -0.05) is 164 Å². The quantitative estimate of drug-likeness (QED) is 0.174. The Labute approximate surface area is 322 Å². The van der Waals surface area contributed by atoms with Gasteiger partial charge in [0.05, 0.1) is 36.1 Å². The van der Waals surface area contributed by atoms with Crippen LogP contribution in [0.3, 0.4) is 0 Å². The van der Waals surface area contributed by atoms with Crippen molar-refractivity contribution in [2.75, 3.05) is 0 Å². The van der Waals surface area contributed by atoms with E-state index in [0.717, 1.165) is 49.4 Å². The lowest BCUT2D eigenvalue weighted by Crippen LogP contribution is -1.97. The zero-order valence-electron chi connectivity index (χ0n) is 38.1. The van der Waals surface area contributed by atoms with Crippen molar-refractivity contribution in [2.24, 2.45) is 0 Å². The van der Waals surface area contributed by atoms with Crippen LogP contribution in [0.2, 0.25) is 0 Å². The Morgan fingerprint density at radius 2 is 0.906 bits per heavy atom. The normalized spacial score (nSPS) is 14.0. The summed E-state index contributed by atoms with van der Waals surface area (Å²) in [6, 6.07) is 40.5. The van der Waals surface area contributed by atoms with Crippen LogP contribution in [0.1, 0.15) is 13.7 Å². The molecule has 53 heavy (non-hydrogen) atoms. The molecule has 2 heterocycles. The van der Waals surface area contributed by atoms with Crippen LogP contribution in [0.15, 0.2) is 200 Å². The number of para-hydroxylation sites is 2. The van der Waals surface area contributed by atoms with Gasteiger partial charge in [0.15, 0.2) is 5.82 Å². The second-order valence-electron chi connectivity index (χ2n) is 12.7. The molecule has 2 aromatic heterocycles. The lowest BCUT2D eigenvalue weighted by Gasteiger charge is -2.17. The molecule has 0 aliphatic heterocycles. The van der Waals surface area contributed by atoms with Crippen molar-refractivity contribution in [1.29, 1.82) is 0 Å². The van der Waals surface area contributed by atoms with Crippen molar-refractivity contribution in [3.63, 3.8) is 0 Å². The maximum atomic E-state index is 8.98. The molecule has 0 aliphatic rings. The average Bonchev–Trinajstić information content (AvgIpc) is 3.66. The van der Waals surface area contributed by atoms with Crippen LogP contribution in [-0.2, 0) is 0 Å². The zero-order chi connectivity index (χ0) is 43.8. The first-order valence-corrected chi connectivity index (χ1v) is 17.2. The molecule has 0 aliphatic carbocycles. The van der Waals surface area contributed by atoms with Gasteiger partial charge >= 0.3 is 0 Å². The molecule has 0 radical (unpaired) electrons. The van der Waals surface area contributed by atoms with Gasteiger partial charge in [0.2, 0.25) is 0 Å². The zero-order valence-corrected chi connectivity index (χ0v) is 28.1. The van der Waals surface area contributed by atoms with Crippen molar-refractivity contribution in [3.8, 4) is 61.8 Å². The van der Waals surface area contributed by atoms with E-state index in [1.165, 1.54) is 0 Å². The van der Waals surface area contributed by atoms with Crippen LogP contribution in [-0.4, -0.2) is 14.5 Å². The summed E-state index contributed by atoms with van der Waals surface area (Å²) in [5.41, 5.74) is 6.64. The standard InChI is InChI=1S/C50H33N3/c1-4-16-34(17-5-1)37-30-38(32-39(31-37)53-48-26-14-12-24-44(48)45-25-13-15-27-49(45)53)40-28-29-43(42-23-11-10-22-41(40)42)47-33-46(35-18-6-2-7-19-35)51-50(52-47)36-20-8-3-9-21-36/h1-33H/i1D,2D,4D,5D,6D,7D,16D,17D,18D,19D. The van der Waals surface area contributed by atoms with E-state index in [0.29, 0.717) is 28.2 Å². The van der Waals surface area contributed by atoms with Crippen molar-refractivity contribution in [2.45, 2.75) is 0 Å². The third-order valence-electron chi connectivity index (χ3n) is 9.57. The number of aromatic nitrogens is 3. The minimum Gasteiger partial charge on any atom is -0.309 e. The van der Waals surface area contributed by atoms with E-state index in [1.807, 2.05) is 121 Å². The lowest BCUT2D eigenvalue weighted by atomic mass is 9.91. The van der Waals surface area contributed by atoms with E-state index in [-0.39, 0.29) is 41.0 Å². The molecular weight excluding hydrogens is 643 g/mol. The number of benzene rings is 8. The molecule has 0 fully saturated rings. The molecule has 0 atom stereocenters. The Balaban J connectivity index is 1.24. The van der Waals surface area contributed by atoms with E-state index < -0.39 is 36.3 Å². The van der Waals surface area contributed by atoms with E-state index in [9.17, 15) is 0 Å². The Morgan fingerprint density at radius 3 is 1.58 bits per heavy atom. The van der Waals surface area contributed by atoms with Gasteiger partial charge in [0.1, 0.15) is 0 Å². The summed E-state index contributed by atoms with van der Waals surface area (Å²) in [5.74, 6) is 0.310. The second kappa shape index (κ2) is 12.9. The van der Waals surface area contributed by atoms with Crippen LogP contribution in [0.4, 0.5) is 0 Å². The molecule has 0 saturated carbocycles. The number of fused-ring (bicyclic) bond motifs is 4. The molecule has 0 bridgehead atoms. The topological polar surface area (TPSA) is 30.7 Å². The van der Waals surface area contributed by atoms with Crippen LogP contribution in [0.5, 0.6) is 0 Å². The summed E-state index contributed by atoms with van der Waals surface area (Å²) in [7, 11) is 0. The van der Waals surface area contributed by atoms with Gasteiger partial charge in [-0.3, -0.25) is 0 Å². The summed E-state index contributed by atoms with van der Waals surface area (Å²) < 4.78 is 88.1. The summed E-state index contributed by atoms with van der Waals surface area (Å²) in [5, 5.41) is 3.71. The van der Waals surface area contributed by atoms with Gasteiger partial charge < -0.3 is 4.57 Å². The maximum absolute atomic E-state index is 8.98. The number of rotatable bonds is 6. The maximum Gasteiger partial charge on any atom is 0.160 e. The highest BCUT2D eigenvalue weighted by molar-refractivity contribution is 6.10. The van der Waals surface area contributed by atoms with E-state index in [1.54, 1.807) is 6.07 Å². The fourth-order valence-corrected chi connectivity index (χ4v) is 7.22. The number of hydrogen-bond donors (Lipinski definition) is 0. The highest BCUT2D eigenvalue weighted by Gasteiger charge is 2.18. The highest BCUT2D eigenvalue weighted by atomic mass is 15.0. The first-order chi connectivity index (χ1) is 30.4. The monoisotopic (exact) mass is 685 g/mol. The van der Waals surface area contributed by atoms with Crippen molar-refractivity contribution >= 4 is 32.6 Å². The van der Waals surface area contributed by atoms with E-state index in [4.69, 9.17) is 23.7 Å². The van der Waals surface area contributed by atoms with E-state index >= 15 is 0 Å². The molecular formula is C50H33N3. The SMILES string of the molecule is [2H]c1c([2H])c([2H])c(-c2cc(-c3ccc(-c4cc(-c5c([2H])c([2H])c([2H])c([2H])c5[2H])nc(-c5ccccc5)n4)c4ccccc34)cc(-n3c4ccccc4c4ccccc43)c2)c([2H])c1[2H]. The summed E-state index contributed by atoms with van der Waals surface area (Å²) >= 11 is 0. The fraction of sp³-hybridized carbons (Fsp3) is 0. The van der Waals surface area contributed by atoms with Gasteiger partial charge in [-0.05, 0) is 69.4 Å². The number of nitrogens with zero attached hydrogens (tertiary/aromatic N) is 3. The molecule has 0 N–H and O–H groups in total. The van der Waals surface area contributed by atoms with Gasteiger partial charge in [-0.2, -0.15) is 0 Å². The molecule has 10 aromatic rings. The first kappa shape index (κ1) is 22.0. The molecule has 10 rings (SSSR count). The van der Waals surface area contributed by atoms with Crippen LogP contribution >= 0.6 is 0 Å². The minimum atomic E-state index is -0.496. The summed E-state index contributed by atoms with van der Waals surface area (Å²) in [6.45, 7) is 0. The van der Waals surface area contributed by atoms with E-state index in [2.05, 4.69) is 16.7 Å². The highest BCUT2D eigenvalue weighted by Crippen LogP contribution is 2.40. The molecule has 8 aromatic carbocycles. The molecule has 0 unspecified atom stereocenters. The Kier molecular flexibility index (Phi) is 5.35. The van der Waals surface area contributed by atoms with Crippen molar-refractivity contribution in [3.05, 3.63) is 200 Å². The third-order valence-corrected chi connectivity index (χ3v) is 9.57. The van der Waals surface area contributed by atoms with Crippen LogP contribution < -0.4 is 0 Å². The average molecular weight is 686 g/mol. The fourth-order valence-electron chi connectivity index (χ4n) is 7.22. The molecule has 3 heteroatoms. The molecule has 0 saturated heterocycles. The minimum absolute atomic E-state index is 0.0372. The summed E-state index contributed by atoms with van der Waals surface area (Å²) in [4.78, 5) is 9.79. The van der Waals surface area contributed by atoms with Crippen molar-refractivity contribution in [1.82, 2.24) is 14.5 Å². The van der Waals surface area contributed by atoms with Gasteiger partial charge in [-0.15, -0.1) is 0 Å². The molecule has 0 amide bonds. The van der Waals surface area contributed by atoms with Crippen LogP contribution in [0.25, 0.3) is 94.4 Å². The lowest BCUT2D eigenvalue weighted by molar-refractivity contribution is 1.18. The Morgan fingerprint density at radius 1 is 0.377 bits per heavy atom. The number of hydrogen-bond acceptors (Lipinski definition) is 2. The largest absolute Gasteiger partial charge is 0.309 e. The van der Waals surface area contributed by atoms with Crippen LogP contribution in [0, 0.1) is 0 Å². The first-order valence-electron chi connectivity index (χ1n) is 22.2. The van der Waals surface area contributed by atoms with Gasteiger partial charge in [-0.25, -0.2) is 9.97 Å². The molecule has 3 nitrogen and oxygen atoms in total. The Bertz CT molecular complexity index is 3420. The predicted molar refractivity (Wildman–Crippen MR) is 221 cm³/mol. The predicted octanol–water partition coefficient (Wildman–Crippen LogP) is 13.1. The second-order valence-corrected chi connectivity index (χ2v) is 12.7. The molecule has 0 spiro atoms. The van der Waals surface area contributed by atoms with Crippen molar-refractivity contribution < 1.29 is 13.7 Å². The summed E-state index contributed by atoms with van der Waals surface area (Å²) in [6.07, 6.45) is 0. The Hall–Kier alpha value is -7.10.